The Balaban J connectivity index is 1.68. The molecule has 1 heterocycles. The summed E-state index contributed by atoms with van der Waals surface area (Å²) >= 11 is 0. The molecule has 2 amide bonds. The van der Waals surface area contributed by atoms with Gasteiger partial charge in [-0.3, -0.25) is 9.59 Å². The predicted octanol–water partition coefficient (Wildman–Crippen LogP) is 2.84. The summed E-state index contributed by atoms with van der Waals surface area (Å²) in [5.41, 5.74) is 4.91. The van der Waals surface area contributed by atoms with E-state index in [2.05, 4.69) is 10.7 Å². The van der Waals surface area contributed by atoms with E-state index in [1.165, 1.54) is 24.3 Å². The largest absolute Gasteiger partial charge is 0.334 e. The van der Waals surface area contributed by atoms with Crippen LogP contribution in [-0.2, 0) is 4.79 Å². The standard InChI is InChI=1S/C23H18FN3O2/c24-19-13-11-18(12-14-19)22(28)25-20-21(17-9-5-2-6-10-17)27(26-23(20)29)15-16-7-3-1-4-8-16/h1-15,20-21H,(H-,25,26,28,29)/p+1/b27-15-/t20-,21+/m0/s1. The number of amides is 2. The van der Waals surface area contributed by atoms with Gasteiger partial charge in [0.1, 0.15) is 5.82 Å². The summed E-state index contributed by atoms with van der Waals surface area (Å²) in [5, 5.41) is 2.79. The molecule has 2 atom stereocenters. The van der Waals surface area contributed by atoms with Crippen LogP contribution in [0.1, 0.15) is 27.5 Å². The molecule has 2 N–H and O–H groups in total. The number of benzene rings is 3. The first-order valence-corrected chi connectivity index (χ1v) is 9.22. The van der Waals surface area contributed by atoms with Crippen molar-refractivity contribution in [2.75, 3.05) is 0 Å². The predicted molar refractivity (Wildman–Crippen MR) is 107 cm³/mol. The lowest BCUT2D eigenvalue weighted by molar-refractivity contribution is -0.596. The van der Waals surface area contributed by atoms with Crippen molar-refractivity contribution < 1.29 is 18.7 Å². The van der Waals surface area contributed by atoms with Crippen molar-refractivity contribution in [1.82, 2.24) is 10.7 Å². The highest BCUT2D eigenvalue weighted by molar-refractivity contribution is 5.98. The lowest BCUT2D eigenvalue weighted by Crippen LogP contribution is -2.42. The molecule has 29 heavy (non-hydrogen) atoms. The maximum Gasteiger partial charge on any atom is 0.304 e. The highest BCUT2D eigenvalue weighted by Crippen LogP contribution is 2.25. The second kappa shape index (κ2) is 8.06. The molecule has 3 aromatic carbocycles. The van der Waals surface area contributed by atoms with Gasteiger partial charge in [-0.15, -0.1) is 10.1 Å². The Morgan fingerprint density at radius 3 is 2.21 bits per heavy atom. The molecular formula is C23H19FN3O2+. The molecule has 5 nitrogen and oxygen atoms in total. The number of nitrogens with zero attached hydrogens (tertiary/aromatic N) is 1. The lowest BCUT2D eigenvalue weighted by atomic mass is 10.00. The molecule has 0 unspecified atom stereocenters. The van der Waals surface area contributed by atoms with Gasteiger partial charge in [0.2, 0.25) is 12.3 Å². The van der Waals surface area contributed by atoms with Gasteiger partial charge in [-0.1, -0.05) is 48.5 Å². The molecular weight excluding hydrogens is 369 g/mol. The molecule has 1 aliphatic heterocycles. The molecule has 144 valence electrons. The third kappa shape index (κ3) is 4.06. The van der Waals surface area contributed by atoms with E-state index in [9.17, 15) is 14.0 Å². The molecule has 1 aliphatic rings. The van der Waals surface area contributed by atoms with E-state index in [4.69, 9.17) is 0 Å². The number of hydrazine groups is 1. The third-order valence-electron chi connectivity index (χ3n) is 4.76. The number of halogens is 1. The van der Waals surface area contributed by atoms with Gasteiger partial charge in [0, 0.05) is 16.7 Å². The van der Waals surface area contributed by atoms with Gasteiger partial charge < -0.3 is 5.32 Å². The Kier molecular flexibility index (Phi) is 5.16. The second-order valence-electron chi connectivity index (χ2n) is 6.74. The Morgan fingerprint density at radius 2 is 1.55 bits per heavy atom. The van der Waals surface area contributed by atoms with Gasteiger partial charge in [-0.05, 0) is 36.4 Å². The second-order valence-corrected chi connectivity index (χ2v) is 6.74. The summed E-state index contributed by atoms with van der Waals surface area (Å²) in [6.07, 6.45) is 1.83. The van der Waals surface area contributed by atoms with Crippen LogP contribution in [0, 0.1) is 5.82 Å². The lowest BCUT2D eigenvalue weighted by Gasteiger charge is -2.14. The first kappa shape index (κ1) is 18.6. The maximum absolute atomic E-state index is 13.2. The van der Waals surface area contributed by atoms with E-state index in [0.717, 1.165) is 11.1 Å². The zero-order valence-electron chi connectivity index (χ0n) is 15.5. The average Bonchev–Trinajstić information content (AvgIpc) is 3.04. The SMILES string of the molecule is O=C(N[C@@H]1C(=O)N/[N+](=C\c2ccccc2)[C@@H]1c1ccccc1)c1ccc(F)cc1. The summed E-state index contributed by atoms with van der Waals surface area (Å²) < 4.78 is 14.9. The van der Waals surface area contributed by atoms with Gasteiger partial charge >= 0.3 is 5.91 Å². The zero-order valence-corrected chi connectivity index (χ0v) is 15.5. The van der Waals surface area contributed by atoms with E-state index >= 15 is 0 Å². The fourth-order valence-corrected chi connectivity index (χ4v) is 3.36. The van der Waals surface area contributed by atoms with E-state index < -0.39 is 23.8 Å². The molecule has 4 rings (SSSR count). The highest BCUT2D eigenvalue weighted by atomic mass is 19.1. The van der Waals surface area contributed by atoms with Crippen LogP contribution in [0.2, 0.25) is 0 Å². The van der Waals surface area contributed by atoms with Crippen molar-refractivity contribution >= 4 is 18.0 Å². The van der Waals surface area contributed by atoms with E-state index in [0.29, 0.717) is 0 Å². The maximum atomic E-state index is 13.2. The number of carbonyl (C=O) groups is 2. The molecule has 0 saturated carbocycles. The Labute approximate surface area is 167 Å². The normalized spacial score (nSPS) is 19.8. The Hall–Kier alpha value is -3.80. The molecule has 0 aromatic heterocycles. The Bertz CT molecular complexity index is 1050. The van der Waals surface area contributed by atoms with Crippen LogP contribution in [0.5, 0.6) is 0 Å². The van der Waals surface area contributed by atoms with Crippen LogP contribution in [0.4, 0.5) is 4.39 Å². The van der Waals surface area contributed by atoms with Crippen molar-refractivity contribution in [2.24, 2.45) is 0 Å². The van der Waals surface area contributed by atoms with E-state index in [1.54, 1.807) is 4.68 Å². The molecule has 0 radical (unpaired) electrons. The van der Waals surface area contributed by atoms with Gasteiger partial charge in [0.15, 0.2) is 6.04 Å². The van der Waals surface area contributed by atoms with Crippen LogP contribution in [0.25, 0.3) is 0 Å². The summed E-state index contributed by atoms with van der Waals surface area (Å²) in [5.74, 6) is -1.18. The molecule has 0 bridgehead atoms. The Morgan fingerprint density at radius 1 is 0.931 bits per heavy atom. The number of hydrogen-bond acceptors (Lipinski definition) is 2. The van der Waals surface area contributed by atoms with Crippen molar-refractivity contribution in [1.29, 1.82) is 0 Å². The van der Waals surface area contributed by atoms with Gasteiger partial charge in [-0.25, -0.2) is 4.39 Å². The fourth-order valence-electron chi connectivity index (χ4n) is 3.36. The molecule has 0 spiro atoms. The van der Waals surface area contributed by atoms with Crippen LogP contribution in [-0.4, -0.2) is 28.8 Å². The van der Waals surface area contributed by atoms with Crippen molar-refractivity contribution in [3.05, 3.63) is 107 Å². The molecule has 6 heteroatoms. The van der Waals surface area contributed by atoms with Crippen LogP contribution < -0.4 is 10.7 Å². The highest BCUT2D eigenvalue weighted by Gasteiger charge is 2.47. The minimum Gasteiger partial charge on any atom is -0.334 e. The number of nitrogens with one attached hydrogen (secondary N) is 2. The quantitative estimate of drug-likeness (QED) is 0.676. The minimum absolute atomic E-state index is 0.288. The first-order chi connectivity index (χ1) is 14.1. The van der Waals surface area contributed by atoms with Gasteiger partial charge in [0.25, 0.3) is 5.91 Å². The summed E-state index contributed by atoms with van der Waals surface area (Å²) in [7, 11) is 0. The smallest absolute Gasteiger partial charge is 0.304 e. The van der Waals surface area contributed by atoms with Crippen LogP contribution in [0.15, 0.2) is 84.9 Å². The van der Waals surface area contributed by atoms with E-state index in [1.807, 2.05) is 66.9 Å². The first-order valence-electron chi connectivity index (χ1n) is 9.22. The molecule has 3 aromatic rings. The number of carbonyl (C=O) groups excluding carboxylic acids is 2. The number of rotatable bonds is 4. The number of hydrogen-bond donors (Lipinski definition) is 2. The molecule has 0 aliphatic carbocycles. The van der Waals surface area contributed by atoms with Crippen molar-refractivity contribution in [2.45, 2.75) is 12.1 Å². The summed E-state index contributed by atoms with van der Waals surface area (Å²) in [4.78, 5) is 25.4. The van der Waals surface area contributed by atoms with Crippen molar-refractivity contribution in [3.8, 4) is 0 Å². The summed E-state index contributed by atoms with van der Waals surface area (Å²) in [6, 6.07) is 23.1. The zero-order chi connectivity index (χ0) is 20.2. The molecule has 1 saturated heterocycles. The topological polar surface area (TPSA) is 61.2 Å². The van der Waals surface area contributed by atoms with Gasteiger partial charge in [-0.2, -0.15) is 0 Å². The van der Waals surface area contributed by atoms with Crippen molar-refractivity contribution in [3.63, 3.8) is 0 Å². The van der Waals surface area contributed by atoms with Crippen LogP contribution in [0.3, 0.4) is 0 Å². The minimum atomic E-state index is -0.810. The van der Waals surface area contributed by atoms with Gasteiger partial charge in [0.05, 0.1) is 0 Å². The average molecular weight is 388 g/mol. The van der Waals surface area contributed by atoms with Crippen LogP contribution >= 0.6 is 0 Å². The third-order valence-corrected chi connectivity index (χ3v) is 4.76. The van der Waals surface area contributed by atoms with E-state index in [-0.39, 0.29) is 11.5 Å². The fraction of sp³-hybridized carbons (Fsp3) is 0.0870. The monoisotopic (exact) mass is 388 g/mol. The molecule has 1 fully saturated rings. The number of hydrazone groups is 1. The summed E-state index contributed by atoms with van der Waals surface area (Å²) in [6.45, 7) is 0.